The molecular weight excluding hydrogens is 360 g/mol. The van der Waals surface area contributed by atoms with Gasteiger partial charge in [0, 0.05) is 24.2 Å². The van der Waals surface area contributed by atoms with Crippen LogP contribution in [0.4, 0.5) is 5.82 Å². The summed E-state index contributed by atoms with van der Waals surface area (Å²) in [5, 5.41) is 12.2. The first-order chi connectivity index (χ1) is 13.2. The topological polar surface area (TPSA) is 78.1 Å². The van der Waals surface area contributed by atoms with E-state index in [2.05, 4.69) is 15.5 Å². The number of carbonyl (C=O) groups excluding carboxylic acids is 2. The van der Waals surface area contributed by atoms with Crippen LogP contribution in [0, 0.1) is 0 Å². The van der Waals surface area contributed by atoms with Crippen molar-refractivity contribution in [3.8, 4) is 0 Å². The van der Waals surface area contributed by atoms with Crippen molar-refractivity contribution in [2.75, 3.05) is 11.9 Å². The van der Waals surface area contributed by atoms with Gasteiger partial charge in [-0.2, -0.15) is 5.10 Å². The summed E-state index contributed by atoms with van der Waals surface area (Å²) in [4.78, 5) is 27.8. The highest BCUT2D eigenvalue weighted by Gasteiger charge is 2.35. The van der Waals surface area contributed by atoms with E-state index in [4.69, 9.17) is 0 Å². The number of aromatic nitrogens is 2. The molecule has 7 heteroatoms. The maximum atomic E-state index is 12.8. The van der Waals surface area contributed by atoms with Gasteiger partial charge in [0.1, 0.15) is 6.04 Å². The van der Waals surface area contributed by atoms with Gasteiger partial charge in [0.2, 0.25) is 5.91 Å². The van der Waals surface area contributed by atoms with Crippen molar-refractivity contribution in [2.45, 2.75) is 63.3 Å². The van der Waals surface area contributed by atoms with Crippen LogP contribution in [0.3, 0.4) is 0 Å². The van der Waals surface area contributed by atoms with E-state index in [1.54, 1.807) is 4.90 Å². The minimum Gasteiger partial charge on any atom is -0.326 e. The third kappa shape index (κ3) is 4.08. The molecule has 0 unspecified atom stereocenters. The molecule has 2 N–H and O–H groups in total. The van der Waals surface area contributed by atoms with Gasteiger partial charge in [-0.05, 0) is 37.1 Å². The molecule has 2 aromatic heterocycles. The Morgan fingerprint density at radius 1 is 1.15 bits per heavy atom. The third-order valence-corrected chi connectivity index (χ3v) is 6.55. The van der Waals surface area contributed by atoms with Crippen LogP contribution < -0.4 is 5.32 Å². The lowest BCUT2D eigenvalue weighted by molar-refractivity contribution is -0.119. The van der Waals surface area contributed by atoms with Gasteiger partial charge in [0.25, 0.3) is 5.91 Å². The first-order valence-electron chi connectivity index (χ1n) is 9.93. The summed E-state index contributed by atoms with van der Waals surface area (Å²) in [5.41, 5.74) is 1.12. The highest BCUT2D eigenvalue weighted by atomic mass is 32.1. The number of anilines is 1. The Hall–Kier alpha value is -2.15. The van der Waals surface area contributed by atoms with Crippen LogP contribution in [0.5, 0.6) is 0 Å². The molecule has 144 valence electrons. The summed E-state index contributed by atoms with van der Waals surface area (Å²) in [5.74, 6) is 0.879. The molecule has 6 nitrogen and oxygen atoms in total. The normalized spacial score (nSPS) is 21.2. The molecule has 0 bridgehead atoms. The second kappa shape index (κ2) is 8.25. The van der Waals surface area contributed by atoms with Gasteiger partial charge in [-0.15, -0.1) is 11.3 Å². The van der Waals surface area contributed by atoms with Crippen molar-refractivity contribution in [3.05, 3.63) is 34.2 Å². The number of carbonyl (C=O) groups is 2. The second-order valence-electron chi connectivity index (χ2n) is 7.52. The van der Waals surface area contributed by atoms with Crippen LogP contribution in [0.1, 0.15) is 72.7 Å². The van der Waals surface area contributed by atoms with Crippen LogP contribution >= 0.6 is 11.3 Å². The number of thiophene rings is 1. The number of aromatic amines is 1. The summed E-state index contributed by atoms with van der Waals surface area (Å²) >= 11 is 1.42. The quantitative estimate of drug-likeness (QED) is 0.775. The maximum Gasteiger partial charge on any atom is 0.264 e. The van der Waals surface area contributed by atoms with Crippen molar-refractivity contribution in [1.82, 2.24) is 15.1 Å². The van der Waals surface area contributed by atoms with Crippen molar-refractivity contribution in [2.24, 2.45) is 0 Å². The highest BCUT2D eigenvalue weighted by molar-refractivity contribution is 7.12. The second-order valence-corrected chi connectivity index (χ2v) is 8.47. The van der Waals surface area contributed by atoms with Crippen molar-refractivity contribution in [1.29, 1.82) is 0 Å². The SMILES string of the molecule is O=C(Nc1cc(C2CCCCCC2)[nH]n1)[C@@H]1CCCN1C(=O)c1cccs1. The molecule has 2 amide bonds. The predicted octanol–water partition coefficient (Wildman–Crippen LogP) is 4.15. The van der Waals surface area contributed by atoms with Crippen LogP contribution in [-0.2, 0) is 4.79 Å². The van der Waals surface area contributed by atoms with E-state index in [1.807, 2.05) is 23.6 Å². The van der Waals surface area contributed by atoms with Gasteiger partial charge in [0.05, 0.1) is 4.88 Å². The maximum absolute atomic E-state index is 12.8. The predicted molar refractivity (Wildman–Crippen MR) is 106 cm³/mol. The van der Waals surface area contributed by atoms with Gasteiger partial charge in [-0.1, -0.05) is 31.7 Å². The number of rotatable bonds is 4. The molecule has 27 heavy (non-hydrogen) atoms. The average molecular weight is 387 g/mol. The van der Waals surface area contributed by atoms with E-state index in [0.29, 0.717) is 29.6 Å². The third-order valence-electron chi connectivity index (χ3n) is 5.69. The van der Waals surface area contributed by atoms with Crippen molar-refractivity contribution < 1.29 is 9.59 Å². The largest absolute Gasteiger partial charge is 0.326 e. The first kappa shape index (κ1) is 18.2. The number of H-pyrrole nitrogens is 1. The monoisotopic (exact) mass is 386 g/mol. The summed E-state index contributed by atoms with van der Waals surface area (Å²) in [6, 6.07) is 5.22. The number of hydrogen-bond donors (Lipinski definition) is 2. The zero-order chi connectivity index (χ0) is 18.6. The highest BCUT2D eigenvalue weighted by Crippen LogP contribution is 2.31. The summed E-state index contributed by atoms with van der Waals surface area (Å²) in [6.07, 6.45) is 9.04. The minimum absolute atomic E-state index is 0.0520. The number of amides is 2. The smallest absolute Gasteiger partial charge is 0.264 e. The van der Waals surface area contributed by atoms with Crippen LogP contribution in [0.2, 0.25) is 0 Å². The Labute approximate surface area is 163 Å². The van der Waals surface area contributed by atoms with Gasteiger partial charge < -0.3 is 10.2 Å². The molecule has 1 atom stereocenters. The molecule has 2 aliphatic rings. The van der Waals surface area contributed by atoms with Gasteiger partial charge in [-0.25, -0.2) is 0 Å². The van der Waals surface area contributed by atoms with Gasteiger partial charge >= 0.3 is 0 Å². The van der Waals surface area contributed by atoms with E-state index >= 15 is 0 Å². The fourth-order valence-electron chi connectivity index (χ4n) is 4.23. The Morgan fingerprint density at radius 2 is 1.96 bits per heavy atom. The summed E-state index contributed by atoms with van der Waals surface area (Å²) in [6.45, 7) is 0.628. The first-order valence-corrected chi connectivity index (χ1v) is 10.8. The Balaban J connectivity index is 1.40. The number of nitrogens with one attached hydrogen (secondary N) is 2. The minimum atomic E-state index is -0.419. The molecule has 2 aromatic rings. The molecule has 1 saturated heterocycles. The Kier molecular flexibility index (Phi) is 5.57. The van der Waals surface area contributed by atoms with Crippen molar-refractivity contribution >= 4 is 29.0 Å². The molecule has 3 heterocycles. The number of nitrogens with zero attached hydrogens (tertiary/aromatic N) is 2. The zero-order valence-electron chi connectivity index (χ0n) is 15.4. The summed E-state index contributed by atoms with van der Waals surface area (Å²) in [7, 11) is 0. The fraction of sp³-hybridized carbons (Fsp3) is 0.550. The van der Waals surface area contributed by atoms with Gasteiger partial charge in [-0.3, -0.25) is 14.7 Å². The molecule has 0 radical (unpaired) electrons. The van der Waals surface area contributed by atoms with Crippen LogP contribution in [0.25, 0.3) is 0 Å². The molecule has 4 rings (SSSR count). The van der Waals surface area contributed by atoms with E-state index in [0.717, 1.165) is 12.1 Å². The molecule has 1 saturated carbocycles. The molecule has 0 aromatic carbocycles. The number of hydrogen-bond acceptors (Lipinski definition) is 4. The molecule has 0 spiro atoms. The van der Waals surface area contributed by atoms with Crippen LogP contribution in [-0.4, -0.2) is 39.5 Å². The molecular formula is C20H26N4O2S. The molecule has 1 aliphatic carbocycles. The molecule has 1 aliphatic heterocycles. The van der Waals surface area contributed by atoms with Gasteiger partial charge in [0.15, 0.2) is 5.82 Å². The lowest BCUT2D eigenvalue weighted by Crippen LogP contribution is -2.43. The van der Waals surface area contributed by atoms with E-state index in [-0.39, 0.29) is 11.8 Å². The Morgan fingerprint density at radius 3 is 2.70 bits per heavy atom. The molecule has 2 fully saturated rings. The zero-order valence-corrected chi connectivity index (χ0v) is 16.3. The van der Waals surface area contributed by atoms with E-state index in [9.17, 15) is 9.59 Å². The Bertz CT molecular complexity index is 778. The van der Waals surface area contributed by atoms with Crippen molar-refractivity contribution in [3.63, 3.8) is 0 Å². The summed E-state index contributed by atoms with van der Waals surface area (Å²) < 4.78 is 0. The lowest BCUT2D eigenvalue weighted by atomic mass is 9.97. The standard InChI is InChI=1S/C20H26N4O2S/c25-19(16-9-5-11-24(16)20(26)17-10-6-12-27-17)21-18-13-15(22-23-18)14-7-3-1-2-4-8-14/h6,10,12-14,16H,1-5,7-9,11H2,(H2,21,22,23,25)/t16-/m0/s1. The van der Waals surface area contributed by atoms with Crippen LogP contribution in [0.15, 0.2) is 23.6 Å². The fourth-order valence-corrected chi connectivity index (χ4v) is 4.91. The number of likely N-dealkylation sites (tertiary alicyclic amines) is 1. The van der Waals surface area contributed by atoms with E-state index in [1.165, 1.54) is 49.9 Å². The van der Waals surface area contributed by atoms with E-state index < -0.39 is 6.04 Å². The lowest BCUT2D eigenvalue weighted by Gasteiger charge is -2.23. The average Bonchev–Trinajstić information content (AvgIpc) is 3.41.